The van der Waals surface area contributed by atoms with Crippen molar-refractivity contribution in [2.24, 2.45) is 0 Å². The van der Waals surface area contributed by atoms with E-state index in [1.165, 1.54) is 33.8 Å². The minimum Gasteiger partial charge on any atom is -0.467 e. The molecular weight excluding hydrogens is 416 g/mol. The summed E-state index contributed by atoms with van der Waals surface area (Å²) in [5, 5.41) is 1.24. The maximum absolute atomic E-state index is 12.0. The third-order valence-corrected chi connectivity index (χ3v) is 6.93. The molecule has 8 heteroatoms. The Kier molecular flexibility index (Phi) is 5.44. The molecule has 0 unspecified atom stereocenters. The summed E-state index contributed by atoms with van der Waals surface area (Å²) in [5.41, 5.74) is 7.20. The second kappa shape index (κ2) is 8.42. The molecule has 0 atom stereocenters. The number of aryl methyl sites for hydroxylation is 1. The van der Waals surface area contributed by atoms with E-state index in [-0.39, 0.29) is 5.91 Å². The van der Waals surface area contributed by atoms with Crippen LogP contribution >= 0.6 is 0 Å². The fraction of sp³-hybridized carbons (Fsp3) is 0.400. The van der Waals surface area contributed by atoms with E-state index < -0.39 is 0 Å². The third kappa shape index (κ3) is 3.69. The van der Waals surface area contributed by atoms with Crippen LogP contribution in [0.15, 0.2) is 31.0 Å². The van der Waals surface area contributed by atoms with Crippen LogP contribution in [-0.2, 0) is 17.8 Å². The van der Waals surface area contributed by atoms with E-state index in [1.54, 1.807) is 7.11 Å². The molecule has 1 N–H and O–H groups in total. The predicted molar refractivity (Wildman–Crippen MR) is 130 cm³/mol. The van der Waals surface area contributed by atoms with Gasteiger partial charge in [0.1, 0.15) is 5.82 Å². The molecule has 1 aromatic carbocycles. The Bertz CT molecular complexity index is 1230. The number of aromatic amines is 1. The van der Waals surface area contributed by atoms with Crippen LogP contribution in [0.3, 0.4) is 0 Å². The zero-order valence-electron chi connectivity index (χ0n) is 19.5. The number of nitrogens with one attached hydrogen (secondary N) is 1. The lowest BCUT2D eigenvalue weighted by atomic mass is 9.99. The Balaban J connectivity index is 1.47. The van der Waals surface area contributed by atoms with Crippen LogP contribution in [0.2, 0.25) is 0 Å². The molecule has 4 heterocycles. The Hall–Kier alpha value is -3.55. The van der Waals surface area contributed by atoms with Crippen molar-refractivity contribution >= 4 is 28.3 Å². The maximum Gasteiger partial charge on any atom is 0.318 e. The van der Waals surface area contributed by atoms with Crippen LogP contribution in [0.1, 0.15) is 22.4 Å². The number of carbonyl (C=O) groups is 1. The van der Waals surface area contributed by atoms with E-state index >= 15 is 0 Å². The number of anilines is 2. The van der Waals surface area contributed by atoms with E-state index in [0.717, 1.165) is 43.1 Å². The van der Waals surface area contributed by atoms with Crippen molar-refractivity contribution in [2.75, 3.05) is 49.6 Å². The summed E-state index contributed by atoms with van der Waals surface area (Å²) in [5.74, 6) is 0.923. The lowest BCUT2D eigenvalue weighted by Gasteiger charge is -2.38. The number of hydrogen-bond donors (Lipinski definition) is 1. The standard InChI is InChI=1S/C25H30N6O2/c1-5-22(32)29-10-12-30(13-11-29)24-19-7-9-31(15-21(19)27-25(28-24)33-4)23-17(3)16(2)14-20-18(23)6-8-26-20/h5-6,8,14,26H,1,7,9-13,15H2,2-4H3. The van der Waals surface area contributed by atoms with Gasteiger partial charge in [-0.2, -0.15) is 9.97 Å². The van der Waals surface area contributed by atoms with Crippen LogP contribution < -0.4 is 14.5 Å². The van der Waals surface area contributed by atoms with Crippen molar-refractivity contribution in [3.63, 3.8) is 0 Å². The van der Waals surface area contributed by atoms with E-state index in [2.05, 4.69) is 47.3 Å². The Labute approximate surface area is 193 Å². The average molecular weight is 447 g/mol. The van der Waals surface area contributed by atoms with Crippen LogP contribution in [-0.4, -0.2) is 65.6 Å². The van der Waals surface area contributed by atoms with Gasteiger partial charge in [-0.15, -0.1) is 0 Å². The van der Waals surface area contributed by atoms with Crippen molar-refractivity contribution in [1.29, 1.82) is 0 Å². The van der Waals surface area contributed by atoms with Gasteiger partial charge in [0.25, 0.3) is 0 Å². The molecule has 0 spiro atoms. The van der Waals surface area contributed by atoms with E-state index in [1.807, 2.05) is 11.1 Å². The zero-order chi connectivity index (χ0) is 23.1. The van der Waals surface area contributed by atoms with Gasteiger partial charge in [-0.05, 0) is 49.6 Å². The number of amides is 1. The smallest absolute Gasteiger partial charge is 0.318 e. The first-order chi connectivity index (χ1) is 16.0. The molecule has 1 fully saturated rings. The van der Waals surface area contributed by atoms with Crippen molar-refractivity contribution in [3.8, 4) is 6.01 Å². The largest absolute Gasteiger partial charge is 0.467 e. The number of benzene rings is 1. The number of nitrogens with zero attached hydrogens (tertiary/aromatic N) is 5. The topological polar surface area (TPSA) is 77.6 Å². The monoisotopic (exact) mass is 446 g/mol. The number of carbonyl (C=O) groups excluding carboxylic acids is 1. The summed E-state index contributed by atoms with van der Waals surface area (Å²) in [6.07, 6.45) is 4.25. The number of fused-ring (bicyclic) bond motifs is 2. The molecule has 0 saturated carbocycles. The Morgan fingerprint density at radius 2 is 1.94 bits per heavy atom. The second-order valence-corrected chi connectivity index (χ2v) is 8.75. The van der Waals surface area contributed by atoms with Crippen LogP contribution in [0, 0.1) is 13.8 Å². The number of aromatic nitrogens is 3. The summed E-state index contributed by atoms with van der Waals surface area (Å²) in [6, 6.07) is 4.76. The summed E-state index contributed by atoms with van der Waals surface area (Å²) >= 11 is 0. The molecule has 1 amide bonds. The van der Waals surface area contributed by atoms with Crippen molar-refractivity contribution in [2.45, 2.75) is 26.8 Å². The number of rotatable bonds is 4. The highest BCUT2D eigenvalue weighted by Gasteiger charge is 2.29. The van der Waals surface area contributed by atoms with Gasteiger partial charge in [0, 0.05) is 61.1 Å². The lowest BCUT2D eigenvalue weighted by molar-refractivity contribution is -0.126. The predicted octanol–water partition coefficient (Wildman–Crippen LogP) is 2.98. The van der Waals surface area contributed by atoms with Gasteiger partial charge in [0.15, 0.2) is 0 Å². The van der Waals surface area contributed by atoms with Gasteiger partial charge >= 0.3 is 6.01 Å². The SMILES string of the molecule is C=CC(=O)N1CCN(c2nc(OC)nc3c2CCN(c2c(C)c(C)cc4[nH]ccc24)C3)CC1. The maximum atomic E-state index is 12.0. The van der Waals surface area contributed by atoms with Crippen LogP contribution in [0.4, 0.5) is 11.5 Å². The highest BCUT2D eigenvalue weighted by atomic mass is 16.5. The van der Waals surface area contributed by atoms with Crippen molar-refractivity contribution in [3.05, 3.63) is 53.4 Å². The van der Waals surface area contributed by atoms with Gasteiger partial charge in [-0.1, -0.05) is 6.58 Å². The quantitative estimate of drug-likeness (QED) is 0.621. The molecule has 33 heavy (non-hydrogen) atoms. The molecule has 0 aliphatic carbocycles. The van der Waals surface area contributed by atoms with Crippen LogP contribution in [0.25, 0.3) is 10.9 Å². The van der Waals surface area contributed by atoms with E-state index in [0.29, 0.717) is 25.6 Å². The number of ether oxygens (including phenoxy) is 1. The molecule has 2 aromatic heterocycles. The fourth-order valence-corrected chi connectivity index (χ4v) is 5.03. The fourth-order valence-electron chi connectivity index (χ4n) is 5.03. The lowest BCUT2D eigenvalue weighted by Crippen LogP contribution is -2.49. The first-order valence-electron chi connectivity index (χ1n) is 11.4. The minimum atomic E-state index is -0.0165. The minimum absolute atomic E-state index is 0.0165. The van der Waals surface area contributed by atoms with Crippen LogP contribution in [0.5, 0.6) is 6.01 Å². The van der Waals surface area contributed by atoms with Gasteiger partial charge in [-0.3, -0.25) is 4.79 Å². The third-order valence-electron chi connectivity index (χ3n) is 6.93. The molecule has 0 radical (unpaired) electrons. The zero-order valence-corrected chi connectivity index (χ0v) is 19.5. The van der Waals surface area contributed by atoms with E-state index in [4.69, 9.17) is 14.7 Å². The molecule has 2 aliphatic rings. The number of methoxy groups -OCH3 is 1. The molecule has 8 nitrogen and oxygen atoms in total. The highest BCUT2D eigenvalue weighted by molar-refractivity contribution is 5.95. The average Bonchev–Trinajstić information content (AvgIpc) is 3.31. The van der Waals surface area contributed by atoms with Gasteiger partial charge in [-0.25, -0.2) is 0 Å². The molecular formula is C25H30N6O2. The summed E-state index contributed by atoms with van der Waals surface area (Å²) in [7, 11) is 1.61. The first kappa shape index (κ1) is 21.3. The van der Waals surface area contributed by atoms with Gasteiger partial charge < -0.3 is 24.4 Å². The number of H-pyrrole nitrogens is 1. The Morgan fingerprint density at radius 1 is 1.15 bits per heavy atom. The van der Waals surface area contributed by atoms with Gasteiger partial charge in [0.05, 0.1) is 19.3 Å². The Morgan fingerprint density at radius 3 is 2.67 bits per heavy atom. The first-order valence-corrected chi connectivity index (χ1v) is 11.4. The van der Waals surface area contributed by atoms with Gasteiger partial charge in [0.2, 0.25) is 5.91 Å². The molecule has 2 aliphatic heterocycles. The molecule has 1 saturated heterocycles. The van der Waals surface area contributed by atoms with Crippen molar-refractivity contribution < 1.29 is 9.53 Å². The molecule has 3 aromatic rings. The highest BCUT2D eigenvalue weighted by Crippen LogP contribution is 2.37. The van der Waals surface area contributed by atoms with Crippen molar-refractivity contribution in [1.82, 2.24) is 19.9 Å². The molecule has 0 bridgehead atoms. The number of piperazine rings is 1. The summed E-state index contributed by atoms with van der Waals surface area (Å²) in [4.78, 5) is 31.3. The number of hydrogen-bond acceptors (Lipinski definition) is 6. The van der Waals surface area contributed by atoms with E-state index in [9.17, 15) is 4.79 Å². The summed E-state index contributed by atoms with van der Waals surface area (Å²) in [6.45, 7) is 12.4. The molecule has 5 rings (SSSR count). The normalized spacial score (nSPS) is 16.2. The summed E-state index contributed by atoms with van der Waals surface area (Å²) < 4.78 is 5.48. The molecule has 172 valence electrons. The second-order valence-electron chi connectivity index (χ2n) is 8.75.